The molecule has 0 saturated heterocycles. The number of hydrogen-bond donors (Lipinski definition) is 1. The molecule has 0 aliphatic heterocycles. The molecular formula is C13H20FNO2. The van der Waals surface area contributed by atoms with Crippen LogP contribution in [0.5, 0.6) is 5.75 Å². The van der Waals surface area contributed by atoms with Gasteiger partial charge in [0.2, 0.25) is 0 Å². The Hall–Kier alpha value is -1.13. The van der Waals surface area contributed by atoms with Gasteiger partial charge in [-0.05, 0) is 19.9 Å². The molecule has 4 heteroatoms. The third-order valence-corrected chi connectivity index (χ3v) is 2.53. The minimum atomic E-state index is -0.323. The zero-order valence-electron chi connectivity index (χ0n) is 10.6. The van der Waals surface area contributed by atoms with E-state index in [1.807, 2.05) is 6.92 Å². The van der Waals surface area contributed by atoms with Crippen molar-refractivity contribution in [2.45, 2.75) is 32.4 Å². The standard InChI is InChI=1S/C13H20FNO2/c1-9(6-7-16-3)17-11-4-5-12(10(2)15)13(14)8-11/h4-5,8-10H,6-7,15H2,1-3H3. The molecule has 0 radical (unpaired) electrons. The van der Waals surface area contributed by atoms with Gasteiger partial charge < -0.3 is 15.2 Å². The van der Waals surface area contributed by atoms with Crippen LogP contribution in [0, 0.1) is 5.82 Å². The molecule has 1 rings (SSSR count). The second-order valence-corrected chi connectivity index (χ2v) is 4.18. The molecule has 1 aromatic carbocycles. The van der Waals surface area contributed by atoms with E-state index in [0.29, 0.717) is 17.9 Å². The molecule has 2 N–H and O–H groups in total. The van der Waals surface area contributed by atoms with Gasteiger partial charge in [-0.3, -0.25) is 0 Å². The third kappa shape index (κ3) is 4.32. The smallest absolute Gasteiger partial charge is 0.131 e. The van der Waals surface area contributed by atoms with Gasteiger partial charge in [-0.15, -0.1) is 0 Å². The highest BCUT2D eigenvalue weighted by atomic mass is 19.1. The van der Waals surface area contributed by atoms with Gasteiger partial charge in [0, 0.05) is 37.8 Å². The lowest BCUT2D eigenvalue weighted by atomic mass is 10.1. The minimum absolute atomic E-state index is 0.00417. The summed E-state index contributed by atoms with van der Waals surface area (Å²) in [7, 11) is 1.64. The van der Waals surface area contributed by atoms with Crippen LogP contribution in [0.4, 0.5) is 4.39 Å². The van der Waals surface area contributed by atoms with Crippen LogP contribution in [0.25, 0.3) is 0 Å². The molecule has 0 fully saturated rings. The molecule has 0 aliphatic rings. The average Bonchev–Trinajstić information content (AvgIpc) is 2.26. The Bertz CT molecular complexity index is 355. The Morgan fingerprint density at radius 2 is 2.06 bits per heavy atom. The van der Waals surface area contributed by atoms with Crippen LogP contribution < -0.4 is 10.5 Å². The van der Waals surface area contributed by atoms with Crippen molar-refractivity contribution in [2.75, 3.05) is 13.7 Å². The van der Waals surface area contributed by atoms with Crippen LogP contribution in [0.15, 0.2) is 18.2 Å². The number of nitrogens with two attached hydrogens (primary N) is 1. The summed E-state index contributed by atoms with van der Waals surface area (Å²) < 4.78 is 24.1. The molecule has 2 atom stereocenters. The summed E-state index contributed by atoms with van der Waals surface area (Å²) in [6.07, 6.45) is 0.767. The number of ether oxygens (including phenoxy) is 2. The van der Waals surface area contributed by atoms with Crippen molar-refractivity contribution in [3.63, 3.8) is 0 Å². The van der Waals surface area contributed by atoms with Crippen LogP contribution in [0.2, 0.25) is 0 Å². The van der Waals surface area contributed by atoms with Gasteiger partial charge in [0.25, 0.3) is 0 Å². The van der Waals surface area contributed by atoms with Crippen LogP contribution in [0.3, 0.4) is 0 Å². The molecule has 0 saturated carbocycles. The lowest BCUT2D eigenvalue weighted by Crippen LogP contribution is -2.14. The minimum Gasteiger partial charge on any atom is -0.491 e. The van der Waals surface area contributed by atoms with E-state index in [2.05, 4.69) is 0 Å². The van der Waals surface area contributed by atoms with Gasteiger partial charge in [-0.25, -0.2) is 4.39 Å². The van der Waals surface area contributed by atoms with Crippen LogP contribution in [-0.4, -0.2) is 19.8 Å². The summed E-state index contributed by atoms with van der Waals surface area (Å²) in [6.45, 7) is 4.30. The molecule has 1 aromatic rings. The highest BCUT2D eigenvalue weighted by Crippen LogP contribution is 2.21. The quantitative estimate of drug-likeness (QED) is 0.832. The Labute approximate surface area is 102 Å². The zero-order valence-corrected chi connectivity index (χ0v) is 10.6. The molecule has 0 spiro atoms. The van der Waals surface area contributed by atoms with E-state index in [9.17, 15) is 4.39 Å². The highest BCUT2D eigenvalue weighted by molar-refractivity contribution is 5.30. The van der Waals surface area contributed by atoms with Crippen molar-refractivity contribution in [2.24, 2.45) is 5.73 Å². The van der Waals surface area contributed by atoms with Crippen molar-refractivity contribution in [1.82, 2.24) is 0 Å². The van der Waals surface area contributed by atoms with Crippen molar-refractivity contribution in [3.05, 3.63) is 29.6 Å². The van der Waals surface area contributed by atoms with Gasteiger partial charge in [0.1, 0.15) is 11.6 Å². The fourth-order valence-electron chi connectivity index (χ4n) is 1.53. The van der Waals surface area contributed by atoms with Crippen molar-refractivity contribution in [3.8, 4) is 5.75 Å². The van der Waals surface area contributed by atoms with E-state index < -0.39 is 0 Å². The Morgan fingerprint density at radius 3 is 2.59 bits per heavy atom. The largest absolute Gasteiger partial charge is 0.491 e. The van der Waals surface area contributed by atoms with E-state index in [4.69, 9.17) is 15.2 Å². The molecule has 2 unspecified atom stereocenters. The summed E-state index contributed by atoms with van der Waals surface area (Å²) in [4.78, 5) is 0. The molecule has 0 bridgehead atoms. The topological polar surface area (TPSA) is 44.5 Å². The fraction of sp³-hybridized carbons (Fsp3) is 0.538. The second-order valence-electron chi connectivity index (χ2n) is 4.18. The van der Waals surface area contributed by atoms with Gasteiger partial charge in [0.15, 0.2) is 0 Å². The first-order valence-corrected chi connectivity index (χ1v) is 5.75. The predicted molar refractivity (Wildman–Crippen MR) is 65.6 cm³/mol. The normalized spacial score (nSPS) is 14.4. The first-order valence-electron chi connectivity index (χ1n) is 5.75. The second kappa shape index (κ2) is 6.57. The number of benzene rings is 1. The lowest BCUT2D eigenvalue weighted by molar-refractivity contribution is 0.135. The van der Waals surface area contributed by atoms with Crippen LogP contribution in [-0.2, 0) is 4.74 Å². The van der Waals surface area contributed by atoms with E-state index in [-0.39, 0.29) is 18.0 Å². The summed E-state index contributed by atoms with van der Waals surface area (Å²) in [5.41, 5.74) is 6.14. The van der Waals surface area contributed by atoms with Crippen molar-refractivity contribution >= 4 is 0 Å². The molecule has 0 aliphatic carbocycles. The average molecular weight is 241 g/mol. The lowest BCUT2D eigenvalue weighted by Gasteiger charge is -2.15. The highest BCUT2D eigenvalue weighted by Gasteiger charge is 2.10. The molecular weight excluding hydrogens is 221 g/mol. The van der Waals surface area contributed by atoms with Gasteiger partial charge >= 0.3 is 0 Å². The van der Waals surface area contributed by atoms with Crippen LogP contribution in [0.1, 0.15) is 31.9 Å². The monoisotopic (exact) mass is 241 g/mol. The predicted octanol–water partition coefficient (Wildman–Crippen LogP) is 2.65. The number of hydrogen-bond acceptors (Lipinski definition) is 3. The van der Waals surface area contributed by atoms with Gasteiger partial charge in [0.05, 0.1) is 6.10 Å². The first-order chi connectivity index (χ1) is 8.04. The maximum atomic E-state index is 13.6. The molecule has 0 amide bonds. The number of rotatable bonds is 6. The van der Waals surface area contributed by atoms with Gasteiger partial charge in [-0.2, -0.15) is 0 Å². The summed E-state index contributed by atoms with van der Waals surface area (Å²) >= 11 is 0. The Morgan fingerprint density at radius 1 is 1.35 bits per heavy atom. The maximum Gasteiger partial charge on any atom is 0.131 e. The van der Waals surface area contributed by atoms with Crippen molar-refractivity contribution in [1.29, 1.82) is 0 Å². The molecule has 17 heavy (non-hydrogen) atoms. The van der Waals surface area contributed by atoms with E-state index >= 15 is 0 Å². The molecule has 0 aromatic heterocycles. The fourth-order valence-corrected chi connectivity index (χ4v) is 1.53. The zero-order chi connectivity index (χ0) is 12.8. The van der Waals surface area contributed by atoms with Crippen LogP contribution >= 0.6 is 0 Å². The van der Waals surface area contributed by atoms with E-state index in [1.54, 1.807) is 26.2 Å². The van der Waals surface area contributed by atoms with E-state index in [0.717, 1.165) is 6.42 Å². The molecule has 3 nitrogen and oxygen atoms in total. The first kappa shape index (κ1) is 13.9. The van der Waals surface area contributed by atoms with Gasteiger partial charge in [-0.1, -0.05) is 6.07 Å². The number of halogens is 1. The Balaban J connectivity index is 2.64. The Kier molecular flexibility index (Phi) is 5.38. The van der Waals surface area contributed by atoms with Crippen molar-refractivity contribution < 1.29 is 13.9 Å². The summed E-state index contributed by atoms with van der Waals surface area (Å²) in [5, 5.41) is 0. The maximum absolute atomic E-state index is 13.6. The third-order valence-electron chi connectivity index (χ3n) is 2.53. The SMILES string of the molecule is COCCC(C)Oc1ccc(C(C)N)c(F)c1. The van der Waals surface area contributed by atoms with E-state index in [1.165, 1.54) is 6.07 Å². The number of methoxy groups -OCH3 is 1. The molecule has 96 valence electrons. The summed E-state index contributed by atoms with van der Waals surface area (Å²) in [5.74, 6) is 0.201. The summed E-state index contributed by atoms with van der Waals surface area (Å²) in [6, 6.07) is 4.47. The molecule has 0 heterocycles.